The fourth-order valence-corrected chi connectivity index (χ4v) is 5.47. The Bertz CT molecular complexity index is 1430. The van der Waals surface area contributed by atoms with E-state index in [1.165, 1.54) is 0 Å². The molecule has 0 bridgehead atoms. The molecule has 0 aliphatic carbocycles. The molecule has 2 aliphatic rings. The molecule has 5 rings (SSSR count). The second-order valence-corrected chi connectivity index (χ2v) is 9.94. The minimum absolute atomic E-state index is 0.0114. The standard InChI is InChI=1S/C26H34ClN9O4/c1-3-35-18-13-16(26(38)34-7-11-40-12-8-34)17(33-5-9-39-10-6-33)14-19(18)36(4-2)20(35)15-30-25(37)21-23(28)32-24(29)22(27)31-21/h13-14H,3-12,15H2,1-2H3,(H4-,28,29,30,32,37)/p+1. The van der Waals surface area contributed by atoms with E-state index < -0.39 is 5.91 Å². The summed E-state index contributed by atoms with van der Waals surface area (Å²) in [6, 6.07) is 4.08. The summed E-state index contributed by atoms with van der Waals surface area (Å²) >= 11 is 5.98. The number of amides is 2. The van der Waals surface area contributed by atoms with Crippen LogP contribution in [0.15, 0.2) is 12.1 Å². The van der Waals surface area contributed by atoms with Crippen molar-refractivity contribution in [2.75, 3.05) is 69.0 Å². The van der Waals surface area contributed by atoms with Crippen LogP contribution < -0.4 is 26.3 Å². The van der Waals surface area contributed by atoms with Gasteiger partial charge in [0.2, 0.25) is 0 Å². The number of hydrogen-bond donors (Lipinski definition) is 3. The molecule has 2 saturated heterocycles. The van der Waals surface area contributed by atoms with Crippen LogP contribution in [0.2, 0.25) is 5.15 Å². The van der Waals surface area contributed by atoms with Gasteiger partial charge in [-0.3, -0.25) is 9.59 Å². The lowest BCUT2D eigenvalue weighted by Crippen LogP contribution is -2.43. The Morgan fingerprint density at radius 1 is 1.02 bits per heavy atom. The van der Waals surface area contributed by atoms with Crippen LogP contribution in [-0.2, 0) is 29.1 Å². The molecule has 40 heavy (non-hydrogen) atoms. The van der Waals surface area contributed by atoms with Crippen molar-refractivity contribution in [2.24, 2.45) is 0 Å². The van der Waals surface area contributed by atoms with E-state index in [-0.39, 0.29) is 34.9 Å². The normalized spacial score (nSPS) is 16.0. The Labute approximate surface area is 237 Å². The van der Waals surface area contributed by atoms with Gasteiger partial charge in [0, 0.05) is 38.3 Å². The van der Waals surface area contributed by atoms with Gasteiger partial charge in [0.05, 0.1) is 50.8 Å². The monoisotopic (exact) mass is 572 g/mol. The van der Waals surface area contributed by atoms with E-state index in [4.69, 9.17) is 32.5 Å². The summed E-state index contributed by atoms with van der Waals surface area (Å²) in [5.41, 5.74) is 14.9. The predicted octanol–water partition coefficient (Wildman–Crippen LogP) is 0.815. The number of halogens is 1. The number of rotatable bonds is 7. The third kappa shape index (κ3) is 5.23. The third-order valence-corrected chi connectivity index (χ3v) is 7.62. The lowest BCUT2D eigenvalue weighted by Gasteiger charge is -2.32. The number of nitrogens with one attached hydrogen (secondary N) is 1. The van der Waals surface area contributed by atoms with E-state index in [0.29, 0.717) is 71.3 Å². The van der Waals surface area contributed by atoms with E-state index in [1.807, 2.05) is 17.9 Å². The summed E-state index contributed by atoms with van der Waals surface area (Å²) in [6.07, 6.45) is 0. The number of nitrogens with two attached hydrogens (primary N) is 2. The molecular weight excluding hydrogens is 538 g/mol. The first-order chi connectivity index (χ1) is 19.3. The molecule has 0 unspecified atom stereocenters. The molecule has 14 heteroatoms. The van der Waals surface area contributed by atoms with Crippen LogP contribution in [0, 0.1) is 0 Å². The topological polar surface area (TPSA) is 158 Å². The minimum atomic E-state index is -0.514. The van der Waals surface area contributed by atoms with Gasteiger partial charge in [-0.05, 0) is 13.8 Å². The van der Waals surface area contributed by atoms with Crippen molar-refractivity contribution in [2.45, 2.75) is 33.5 Å². The van der Waals surface area contributed by atoms with Crippen molar-refractivity contribution < 1.29 is 23.6 Å². The Morgan fingerprint density at radius 3 is 2.35 bits per heavy atom. The highest BCUT2D eigenvalue weighted by Gasteiger charge is 2.31. The first kappa shape index (κ1) is 27.9. The molecule has 0 saturated carbocycles. The zero-order valence-corrected chi connectivity index (χ0v) is 23.5. The van der Waals surface area contributed by atoms with Gasteiger partial charge in [-0.2, -0.15) is 0 Å². The molecule has 2 aromatic heterocycles. The number of anilines is 3. The number of nitrogens with zero attached hydrogens (tertiary/aromatic N) is 6. The van der Waals surface area contributed by atoms with E-state index >= 15 is 0 Å². The van der Waals surface area contributed by atoms with Crippen LogP contribution in [-0.4, -0.2) is 83.9 Å². The molecule has 13 nitrogen and oxygen atoms in total. The maximum absolute atomic E-state index is 13.8. The van der Waals surface area contributed by atoms with Crippen molar-refractivity contribution in [1.29, 1.82) is 0 Å². The molecule has 0 spiro atoms. The van der Waals surface area contributed by atoms with Crippen LogP contribution in [0.25, 0.3) is 11.0 Å². The highest BCUT2D eigenvalue weighted by molar-refractivity contribution is 6.31. The molecular formula is C26H35ClN9O4+. The first-order valence-corrected chi connectivity index (χ1v) is 13.9. The number of aryl methyl sites for hydroxylation is 2. The van der Waals surface area contributed by atoms with Gasteiger partial charge in [0.15, 0.2) is 33.5 Å². The summed E-state index contributed by atoms with van der Waals surface area (Å²) in [4.78, 5) is 38.8. The number of aromatic nitrogens is 4. The number of nitrogen functional groups attached to an aromatic ring is 2. The van der Waals surface area contributed by atoms with Crippen LogP contribution >= 0.6 is 11.6 Å². The second-order valence-electron chi connectivity index (χ2n) is 9.58. The number of benzene rings is 1. The molecule has 214 valence electrons. The van der Waals surface area contributed by atoms with Gasteiger partial charge in [-0.25, -0.2) is 19.1 Å². The van der Waals surface area contributed by atoms with E-state index in [0.717, 1.165) is 22.5 Å². The number of hydrogen-bond acceptors (Lipinski definition) is 9. The number of carbonyl (C=O) groups excluding carboxylic acids is 2. The number of morpholine rings is 2. The zero-order valence-electron chi connectivity index (χ0n) is 22.8. The van der Waals surface area contributed by atoms with Crippen molar-refractivity contribution in [3.8, 4) is 0 Å². The average Bonchev–Trinajstić information content (AvgIpc) is 3.28. The summed E-state index contributed by atoms with van der Waals surface area (Å²) in [5.74, 6) is 0.206. The van der Waals surface area contributed by atoms with Crippen molar-refractivity contribution >= 4 is 51.8 Å². The number of fused-ring (bicyclic) bond motifs is 1. The van der Waals surface area contributed by atoms with Crippen LogP contribution in [0.3, 0.4) is 0 Å². The fourth-order valence-electron chi connectivity index (χ4n) is 5.34. The third-order valence-electron chi connectivity index (χ3n) is 7.34. The smallest absolute Gasteiger partial charge is 0.277 e. The molecule has 5 N–H and O–H groups in total. The van der Waals surface area contributed by atoms with Gasteiger partial charge in [0.1, 0.15) is 6.54 Å². The summed E-state index contributed by atoms with van der Waals surface area (Å²) in [6.45, 7) is 10.3. The molecule has 3 aromatic rings. The van der Waals surface area contributed by atoms with Crippen LogP contribution in [0.1, 0.15) is 40.5 Å². The largest absolute Gasteiger partial charge is 0.382 e. The van der Waals surface area contributed by atoms with E-state index in [2.05, 4.69) is 42.3 Å². The minimum Gasteiger partial charge on any atom is -0.382 e. The quantitative estimate of drug-likeness (QED) is 0.348. The first-order valence-electron chi connectivity index (χ1n) is 13.5. The van der Waals surface area contributed by atoms with Crippen molar-refractivity contribution in [3.05, 3.63) is 34.4 Å². The average molecular weight is 573 g/mol. The van der Waals surface area contributed by atoms with Gasteiger partial charge in [-0.15, -0.1) is 0 Å². The SMILES string of the molecule is CCn1c(CNC(=O)c2nc(Cl)c(N)nc2N)[n+](CC)c2cc(C(=O)N3CCOCC3)c(N3CCOCC3)cc21. The summed E-state index contributed by atoms with van der Waals surface area (Å²) < 4.78 is 15.3. The molecule has 2 amide bonds. The van der Waals surface area contributed by atoms with Gasteiger partial charge < -0.3 is 36.1 Å². The van der Waals surface area contributed by atoms with Crippen LogP contribution in [0.5, 0.6) is 0 Å². The zero-order chi connectivity index (χ0) is 28.4. The van der Waals surface area contributed by atoms with Crippen LogP contribution in [0.4, 0.5) is 17.3 Å². The number of ether oxygens (including phenoxy) is 2. The lowest BCUT2D eigenvalue weighted by atomic mass is 10.1. The maximum Gasteiger partial charge on any atom is 0.277 e. The summed E-state index contributed by atoms with van der Waals surface area (Å²) in [7, 11) is 0. The van der Waals surface area contributed by atoms with Gasteiger partial charge >= 0.3 is 0 Å². The Kier molecular flexibility index (Phi) is 8.24. The van der Waals surface area contributed by atoms with E-state index in [9.17, 15) is 9.59 Å². The highest BCUT2D eigenvalue weighted by atomic mass is 35.5. The Balaban J connectivity index is 1.56. The van der Waals surface area contributed by atoms with Crippen molar-refractivity contribution in [1.82, 2.24) is 24.8 Å². The molecule has 0 radical (unpaired) electrons. The van der Waals surface area contributed by atoms with Crippen molar-refractivity contribution in [3.63, 3.8) is 0 Å². The van der Waals surface area contributed by atoms with E-state index in [1.54, 1.807) is 0 Å². The lowest BCUT2D eigenvalue weighted by molar-refractivity contribution is -0.676. The Hall–Kier alpha value is -3.68. The number of carbonyl (C=O) groups is 2. The highest BCUT2D eigenvalue weighted by Crippen LogP contribution is 2.30. The fraction of sp³-hybridized carbons (Fsp3) is 0.500. The maximum atomic E-state index is 13.8. The second kappa shape index (κ2) is 11.8. The molecule has 4 heterocycles. The molecule has 0 atom stereocenters. The Morgan fingerprint density at radius 2 is 1.70 bits per heavy atom. The summed E-state index contributed by atoms with van der Waals surface area (Å²) in [5, 5.41) is 2.82. The molecule has 1 aromatic carbocycles. The van der Waals surface area contributed by atoms with Gasteiger partial charge in [0.25, 0.3) is 17.6 Å². The van der Waals surface area contributed by atoms with Gasteiger partial charge in [-0.1, -0.05) is 11.6 Å². The number of imidazole rings is 1. The molecule has 2 fully saturated rings. The molecule has 2 aliphatic heterocycles. The predicted molar refractivity (Wildman–Crippen MR) is 150 cm³/mol.